The van der Waals surface area contributed by atoms with E-state index in [4.69, 9.17) is 0 Å². The summed E-state index contributed by atoms with van der Waals surface area (Å²) in [5.41, 5.74) is 0. The molecule has 0 aromatic rings. The molecule has 0 aromatic heterocycles. The van der Waals surface area contributed by atoms with Gasteiger partial charge in [-0.25, -0.2) is 0 Å². The summed E-state index contributed by atoms with van der Waals surface area (Å²) < 4.78 is 0. The molecule has 2 rings (SSSR count). The molecule has 0 saturated heterocycles. The first-order valence-electron chi connectivity index (χ1n) is 3.59. The molecule has 2 heteroatoms. The third kappa shape index (κ3) is 0.841. The van der Waals surface area contributed by atoms with Crippen molar-refractivity contribution in [2.75, 3.05) is 0 Å². The second-order valence-electron chi connectivity index (χ2n) is 2.64. The predicted octanol–water partition coefficient (Wildman–Crippen LogP) is 0.185. The average Bonchev–Trinajstić information content (AvgIpc) is 2.05. The zero-order valence-corrected chi connectivity index (χ0v) is 5.72. The molecule has 0 radical (unpaired) electrons. The van der Waals surface area contributed by atoms with E-state index in [2.05, 4.69) is 22.5 Å². The molecule has 10 heavy (non-hydrogen) atoms. The molecule has 2 N–H and O–H groups in total. The van der Waals surface area contributed by atoms with Gasteiger partial charge in [0.1, 0.15) is 0 Å². The predicted molar refractivity (Wildman–Crippen MR) is 40.0 cm³/mol. The van der Waals surface area contributed by atoms with E-state index in [9.17, 15) is 0 Å². The molecule has 0 spiro atoms. The second-order valence-corrected chi connectivity index (χ2v) is 2.64. The Balaban J connectivity index is 2.12. The fourth-order valence-electron chi connectivity index (χ4n) is 1.34. The molecule has 2 unspecified atom stereocenters. The lowest BCUT2D eigenvalue weighted by Crippen LogP contribution is -2.48. The molecule has 1 aliphatic heterocycles. The summed E-state index contributed by atoms with van der Waals surface area (Å²) in [6, 6.07) is 1.07. The Kier molecular flexibility index (Phi) is 1.28. The molecule has 1 aliphatic carbocycles. The number of rotatable bonds is 0. The molecular formula is C8H10N2. The van der Waals surface area contributed by atoms with Crippen molar-refractivity contribution in [3.05, 3.63) is 12.4 Å². The van der Waals surface area contributed by atoms with Gasteiger partial charge in [0, 0.05) is 25.2 Å². The molecule has 2 aliphatic rings. The van der Waals surface area contributed by atoms with E-state index in [0.29, 0.717) is 12.1 Å². The number of hydrogen-bond acceptors (Lipinski definition) is 2. The lowest BCUT2D eigenvalue weighted by atomic mass is 9.97. The molecule has 1 heterocycles. The highest BCUT2D eigenvalue weighted by Gasteiger charge is 2.21. The fourth-order valence-corrected chi connectivity index (χ4v) is 1.34. The lowest BCUT2D eigenvalue weighted by molar-refractivity contribution is 0.414. The Hall–Kier alpha value is -1.10. The molecule has 2 atom stereocenters. The van der Waals surface area contributed by atoms with Crippen molar-refractivity contribution in [3.63, 3.8) is 0 Å². The highest BCUT2D eigenvalue weighted by Crippen LogP contribution is 2.09. The van der Waals surface area contributed by atoms with Gasteiger partial charge >= 0.3 is 0 Å². The Bertz CT molecular complexity index is 189. The zero-order chi connectivity index (χ0) is 6.81. The summed E-state index contributed by atoms with van der Waals surface area (Å²) in [7, 11) is 0. The van der Waals surface area contributed by atoms with Crippen LogP contribution in [0.4, 0.5) is 0 Å². The molecule has 0 bridgehead atoms. The normalized spacial score (nSPS) is 34.4. The van der Waals surface area contributed by atoms with Gasteiger partial charge in [-0.05, 0) is 0 Å². The summed E-state index contributed by atoms with van der Waals surface area (Å²) in [5, 5.41) is 6.55. The zero-order valence-electron chi connectivity index (χ0n) is 5.72. The maximum Gasteiger partial charge on any atom is 0.0576 e. The maximum absolute atomic E-state index is 3.28. The number of nitrogens with one attached hydrogen (secondary N) is 2. The van der Waals surface area contributed by atoms with Gasteiger partial charge in [0.05, 0.1) is 12.1 Å². The van der Waals surface area contributed by atoms with Gasteiger partial charge in [-0.1, -0.05) is 0 Å². The van der Waals surface area contributed by atoms with E-state index < -0.39 is 0 Å². The van der Waals surface area contributed by atoms with Gasteiger partial charge in [-0.3, -0.25) is 0 Å². The van der Waals surface area contributed by atoms with Crippen LogP contribution in [-0.4, -0.2) is 12.1 Å². The largest absolute Gasteiger partial charge is 0.384 e. The molecule has 0 saturated carbocycles. The van der Waals surface area contributed by atoms with E-state index in [1.807, 2.05) is 12.4 Å². The summed E-state index contributed by atoms with van der Waals surface area (Å²) in [4.78, 5) is 0. The number of hydrogen-bond donors (Lipinski definition) is 2. The quantitative estimate of drug-likeness (QED) is 0.462. The maximum atomic E-state index is 3.28. The summed E-state index contributed by atoms with van der Waals surface area (Å²) >= 11 is 0. The molecular weight excluding hydrogens is 124 g/mol. The highest BCUT2D eigenvalue weighted by atomic mass is 15.0. The van der Waals surface area contributed by atoms with Crippen LogP contribution in [0.15, 0.2) is 12.4 Å². The van der Waals surface area contributed by atoms with E-state index in [1.54, 1.807) is 0 Å². The van der Waals surface area contributed by atoms with Gasteiger partial charge in [0.25, 0.3) is 0 Å². The van der Waals surface area contributed by atoms with Gasteiger partial charge in [-0.15, -0.1) is 11.8 Å². The Labute approximate surface area is 60.7 Å². The van der Waals surface area contributed by atoms with Crippen LogP contribution in [0.25, 0.3) is 0 Å². The van der Waals surface area contributed by atoms with Crippen molar-refractivity contribution in [2.45, 2.75) is 24.9 Å². The van der Waals surface area contributed by atoms with Crippen LogP contribution >= 0.6 is 0 Å². The Morgan fingerprint density at radius 3 is 2.00 bits per heavy atom. The number of fused-ring (bicyclic) bond motifs is 1. The van der Waals surface area contributed by atoms with Crippen LogP contribution in [0.3, 0.4) is 0 Å². The van der Waals surface area contributed by atoms with Crippen molar-refractivity contribution >= 4 is 0 Å². The van der Waals surface area contributed by atoms with E-state index in [-0.39, 0.29) is 0 Å². The van der Waals surface area contributed by atoms with Crippen LogP contribution < -0.4 is 10.6 Å². The van der Waals surface area contributed by atoms with Crippen LogP contribution in [0.1, 0.15) is 12.8 Å². The molecule has 0 amide bonds. The van der Waals surface area contributed by atoms with Crippen molar-refractivity contribution in [2.24, 2.45) is 0 Å². The standard InChI is InChI=1S/C8H10N2/c1-2-4-8-7(3-1)9-5-6-10-8/h5-10H,3-4H2. The van der Waals surface area contributed by atoms with Gasteiger partial charge in [0.15, 0.2) is 0 Å². The minimum Gasteiger partial charge on any atom is -0.384 e. The van der Waals surface area contributed by atoms with Gasteiger partial charge in [0.2, 0.25) is 0 Å². The fraction of sp³-hybridized carbons (Fsp3) is 0.500. The molecule has 0 aromatic carbocycles. The van der Waals surface area contributed by atoms with Crippen LogP contribution in [0.2, 0.25) is 0 Å². The van der Waals surface area contributed by atoms with Gasteiger partial charge < -0.3 is 10.6 Å². The molecule has 52 valence electrons. The first-order valence-corrected chi connectivity index (χ1v) is 3.59. The van der Waals surface area contributed by atoms with Crippen LogP contribution in [-0.2, 0) is 0 Å². The van der Waals surface area contributed by atoms with Gasteiger partial charge in [-0.2, -0.15) is 0 Å². The first kappa shape index (κ1) is 5.67. The summed E-state index contributed by atoms with van der Waals surface area (Å²) in [6.07, 6.45) is 5.85. The van der Waals surface area contributed by atoms with Crippen molar-refractivity contribution in [1.29, 1.82) is 0 Å². The van der Waals surface area contributed by atoms with E-state index in [0.717, 1.165) is 12.8 Å². The minimum atomic E-state index is 0.534. The van der Waals surface area contributed by atoms with E-state index in [1.165, 1.54) is 0 Å². The molecule has 0 fully saturated rings. The lowest BCUT2D eigenvalue weighted by Gasteiger charge is -2.30. The summed E-state index contributed by atoms with van der Waals surface area (Å²) in [6.45, 7) is 0. The smallest absolute Gasteiger partial charge is 0.0576 e. The second kappa shape index (κ2) is 2.26. The third-order valence-electron chi connectivity index (χ3n) is 1.96. The van der Waals surface area contributed by atoms with Crippen molar-refractivity contribution in [1.82, 2.24) is 10.6 Å². The summed E-state index contributed by atoms with van der Waals surface area (Å²) in [5.74, 6) is 6.20. The van der Waals surface area contributed by atoms with Crippen LogP contribution in [0, 0.1) is 11.8 Å². The highest BCUT2D eigenvalue weighted by molar-refractivity contribution is 5.14. The SMILES string of the molecule is C1#CCC2NC=CNC2C1. The Morgan fingerprint density at radius 1 is 1.00 bits per heavy atom. The first-order chi connectivity index (χ1) is 4.97. The topological polar surface area (TPSA) is 24.1 Å². The van der Waals surface area contributed by atoms with Crippen molar-refractivity contribution < 1.29 is 0 Å². The monoisotopic (exact) mass is 134 g/mol. The van der Waals surface area contributed by atoms with E-state index >= 15 is 0 Å². The van der Waals surface area contributed by atoms with Crippen molar-refractivity contribution in [3.8, 4) is 11.8 Å². The molecule has 2 nitrogen and oxygen atoms in total. The Morgan fingerprint density at radius 2 is 1.50 bits per heavy atom. The third-order valence-corrected chi connectivity index (χ3v) is 1.96. The average molecular weight is 134 g/mol. The minimum absolute atomic E-state index is 0.534. The van der Waals surface area contributed by atoms with Crippen LogP contribution in [0.5, 0.6) is 0 Å².